The molecule has 0 unspecified atom stereocenters. The first-order valence-electron chi connectivity index (χ1n) is 6.03. The zero-order valence-electron chi connectivity index (χ0n) is 10.7. The molecule has 0 atom stereocenters. The Morgan fingerprint density at radius 1 is 1.22 bits per heavy atom. The molecule has 0 fully saturated rings. The Morgan fingerprint density at radius 2 is 1.94 bits per heavy atom. The maximum absolute atomic E-state index is 12.7. The van der Waals surface area contributed by atoms with Crippen LogP contribution in [0.5, 0.6) is 0 Å². The number of aromatic nitrogens is 1. The summed E-state index contributed by atoms with van der Waals surface area (Å²) in [6, 6.07) is 6.60. The van der Waals surface area contributed by atoms with Gasteiger partial charge in [-0.2, -0.15) is 0 Å². The second kappa shape index (κ2) is 5.78. The number of aryl methyl sites for hydroxylation is 2. The Labute approximate surface area is 106 Å². The maximum atomic E-state index is 12.7. The lowest BCUT2D eigenvalue weighted by Crippen LogP contribution is -2.17. The second-order valence-corrected chi connectivity index (χ2v) is 4.36. The van der Waals surface area contributed by atoms with Crippen LogP contribution in [0.25, 0.3) is 0 Å². The molecule has 1 aromatic carbocycles. The third-order valence-corrected chi connectivity index (χ3v) is 2.99. The molecule has 3 nitrogen and oxygen atoms in total. The first-order chi connectivity index (χ1) is 8.66. The lowest BCUT2D eigenvalue weighted by Gasteiger charge is -2.04. The van der Waals surface area contributed by atoms with Gasteiger partial charge in [-0.15, -0.1) is 0 Å². The minimum atomic E-state index is -0.192. The summed E-state index contributed by atoms with van der Waals surface area (Å²) in [5, 5.41) is 7.24. The molecule has 0 saturated carbocycles. The minimum absolute atomic E-state index is 0.192. The highest BCUT2D eigenvalue weighted by molar-refractivity contribution is 5.20. The van der Waals surface area contributed by atoms with Crippen LogP contribution in [0.3, 0.4) is 0 Å². The van der Waals surface area contributed by atoms with Crippen molar-refractivity contribution >= 4 is 0 Å². The van der Waals surface area contributed by atoms with E-state index in [2.05, 4.69) is 10.5 Å². The van der Waals surface area contributed by atoms with Gasteiger partial charge in [-0.05, 0) is 44.5 Å². The molecule has 0 aliphatic heterocycles. The highest BCUT2D eigenvalue weighted by Crippen LogP contribution is 2.11. The van der Waals surface area contributed by atoms with Crippen molar-refractivity contribution in [3.8, 4) is 0 Å². The summed E-state index contributed by atoms with van der Waals surface area (Å²) in [7, 11) is 0. The van der Waals surface area contributed by atoms with Crippen molar-refractivity contribution in [2.45, 2.75) is 26.8 Å². The van der Waals surface area contributed by atoms with Crippen LogP contribution in [0.2, 0.25) is 0 Å². The Morgan fingerprint density at radius 3 is 2.56 bits per heavy atom. The molecule has 96 valence electrons. The van der Waals surface area contributed by atoms with E-state index in [9.17, 15) is 4.39 Å². The van der Waals surface area contributed by atoms with Gasteiger partial charge >= 0.3 is 0 Å². The van der Waals surface area contributed by atoms with Gasteiger partial charge in [0, 0.05) is 12.1 Å². The summed E-state index contributed by atoms with van der Waals surface area (Å²) in [4.78, 5) is 0. The van der Waals surface area contributed by atoms with Gasteiger partial charge in [0.1, 0.15) is 11.6 Å². The van der Waals surface area contributed by atoms with Gasteiger partial charge in [-0.3, -0.25) is 0 Å². The normalized spacial score (nSPS) is 10.8. The standard InChI is InChI=1S/C14H17FN2O/c1-10-14(11(2)18-17-10)9-16-8-7-12-3-5-13(15)6-4-12/h3-6,16H,7-9H2,1-2H3. The van der Waals surface area contributed by atoms with E-state index >= 15 is 0 Å². The predicted octanol–water partition coefficient (Wildman–Crippen LogP) is 2.76. The van der Waals surface area contributed by atoms with E-state index in [1.54, 1.807) is 0 Å². The lowest BCUT2D eigenvalue weighted by atomic mass is 10.1. The highest BCUT2D eigenvalue weighted by Gasteiger charge is 2.07. The molecule has 1 heterocycles. The fraction of sp³-hybridized carbons (Fsp3) is 0.357. The molecule has 4 heteroatoms. The van der Waals surface area contributed by atoms with E-state index in [1.165, 1.54) is 12.1 Å². The van der Waals surface area contributed by atoms with Gasteiger partial charge in [-0.25, -0.2) is 4.39 Å². The fourth-order valence-corrected chi connectivity index (χ4v) is 1.85. The van der Waals surface area contributed by atoms with E-state index in [-0.39, 0.29) is 5.82 Å². The molecule has 1 N–H and O–H groups in total. The van der Waals surface area contributed by atoms with E-state index in [0.29, 0.717) is 0 Å². The molecule has 0 radical (unpaired) electrons. The van der Waals surface area contributed by atoms with Gasteiger partial charge in [0.15, 0.2) is 0 Å². The smallest absolute Gasteiger partial charge is 0.138 e. The van der Waals surface area contributed by atoms with Gasteiger partial charge in [0.2, 0.25) is 0 Å². The monoisotopic (exact) mass is 248 g/mol. The second-order valence-electron chi connectivity index (χ2n) is 4.36. The van der Waals surface area contributed by atoms with Crippen molar-refractivity contribution in [2.75, 3.05) is 6.54 Å². The molecule has 0 amide bonds. The van der Waals surface area contributed by atoms with Crippen molar-refractivity contribution in [3.63, 3.8) is 0 Å². The zero-order chi connectivity index (χ0) is 13.0. The fourth-order valence-electron chi connectivity index (χ4n) is 1.85. The quantitative estimate of drug-likeness (QED) is 0.827. The largest absolute Gasteiger partial charge is 0.361 e. The molecular weight excluding hydrogens is 231 g/mol. The number of hydrogen-bond donors (Lipinski definition) is 1. The van der Waals surface area contributed by atoms with Gasteiger partial charge in [0.25, 0.3) is 0 Å². The van der Waals surface area contributed by atoms with Crippen molar-refractivity contribution in [1.82, 2.24) is 10.5 Å². The molecular formula is C14H17FN2O. The summed E-state index contributed by atoms with van der Waals surface area (Å²) in [6.45, 7) is 5.45. The first kappa shape index (κ1) is 12.8. The molecule has 0 aliphatic rings. The lowest BCUT2D eigenvalue weighted by molar-refractivity contribution is 0.392. The number of nitrogens with zero attached hydrogens (tertiary/aromatic N) is 1. The highest BCUT2D eigenvalue weighted by atomic mass is 19.1. The summed E-state index contributed by atoms with van der Waals surface area (Å²) < 4.78 is 17.8. The maximum Gasteiger partial charge on any atom is 0.138 e. The first-order valence-corrected chi connectivity index (χ1v) is 6.03. The van der Waals surface area contributed by atoms with Crippen LogP contribution in [-0.2, 0) is 13.0 Å². The Kier molecular flexibility index (Phi) is 4.10. The molecule has 18 heavy (non-hydrogen) atoms. The average molecular weight is 248 g/mol. The molecule has 0 spiro atoms. The Bertz CT molecular complexity index is 486. The topological polar surface area (TPSA) is 38.1 Å². The van der Waals surface area contributed by atoms with Gasteiger partial charge in [-0.1, -0.05) is 17.3 Å². The van der Waals surface area contributed by atoms with Crippen LogP contribution in [-0.4, -0.2) is 11.7 Å². The molecule has 0 saturated heterocycles. The van der Waals surface area contributed by atoms with Crippen molar-refractivity contribution < 1.29 is 8.91 Å². The average Bonchev–Trinajstić information content (AvgIpc) is 2.68. The molecule has 2 aromatic rings. The zero-order valence-corrected chi connectivity index (χ0v) is 10.7. The van der Waals surface area contributed by atoms with Crippen LogP contribution in [0, 0.1) is 19.7 Å². The Balaban J connectivity index is 1.78. The molecule has 0 bridgehead atoms. The summed E-state index contributed by atoms with van der Waals surface area (Å²) in [5.41, 5.74) is 3.18. The number of nitrogens with one attached hydrogen (secondary N) is 1. The number of halogens is 1. The summed E-state index contributed by atoms with van der Waals surface area (Å²) >= 11 is 0. The van der Waals surface area contributed by atoms with Gasteiger partial charge < -0.3 is 9.84 Å². The molecule has 0 aliphatic carbocycles. The van der Waals surface area contributed by atoms with E-state index in [0.717, 1.165) is 42.1 Å². The van der Waals surface area contributed by atoms with Crippen LogP contribution >= 0.6 is 0 Å². The van der Waals surface area contributed by atoms with Crippen molar-refractivity contribution in [1.29, 1.82) is 0 Å². The summed E-state index contributed by atoms with van der Waals surface area (Å²) in [6.07, 6.45) is 0.879. The number of hydrogen-bond acceptors (Lipinski definition) is 3. The van der Waals surface area contributed by atoms with Gasteiger partial charge in [0.05, 0.1) is 5.69 Å². The third-order valence-electron chi connectivity index (χ3n) is 2.99. The van der Waals surface area contributed by atoms with E-state index in [1.807, 2.05) is 26.0 Å². The number of benzene rings is 1. The van der Waals surface area contributed by atoms with E-state index in [4.69, 9.17) is 4.52 Å². The minimum Gasteiger partial charge on any atom is -0.361 e. The number of rotatable bonds is 5. The van der Waals surface area contributed by atoms with E-state index < -0.39 is 0 Å². The Hall–Kier alpha value is -1.68. The summed E-state index contributed by atoms with van der Waals surface area (Å²) in [5.74, 6) is 0.671. The molecule has 1 aromatic heterocycles. The van der Waals surface area contributed by atoms with Crippen LogP contribution in [0.4, 0.5) is 4.39 Å². The predicted molar refractivity (Wildman–Crippen MR) is 67.8 cm³/mol. The SMILES string of the molecule is Cc1noc(C)c1CNCCc1ccc(F)cc1. The van der Waals surface area contributed by atoms with Crippen molar-refractivity contribution in [3.05, 3.63) is 52.7 Å². The third kappa shape index (κ3) is 3.17. The molecule has 2 rings (SSSR count). The van der Waals surface area contributed by atoms with Crippen LogP contribution in [0.1, 0.15) is 22.6 Å². The van der Waals surface area contributed by atoms with Crippen LogP contribution < -0.4 is 5.32 Å². The van der Waals surface area contributed by atoms with Crippen LogP contribution in [0.15, 0.2) is 28.8 Å². The van der Waals surface area contributed by atoms with Crippen molar-refractivity contribution in [2.24, 2.45) is 0 Å².